The van der Waals surface area contributed by atoms with Gasteiger partial charge in [0.05, 0.1) is 6.21 Å². The number of aromatic nitrogens is 1. The highest BCUT2D eigenvalue weighted by molar-refractivity contribution is 14.1. The van der Waals surface area contributed by atoms with Gasteiger partial charge in [-0.2, -0.15) is 5.10 Å². The van der Waals surface area contributed by atoms with Crippen LogP contribution in [0, 0.1) is 3.57 Å². The van der Waals surface area contributed by atoms with Crippen LogP contribution in [0.15, 0.2) is 53.8 Å². The molecular weight excluding hydrogens is 313 g/mol. The van der Waals surface area contributed by atoms with Crippen LogP contribution in [0.3, 0.4) is 0 Å². The molecular formula is C12H10IN3. The van der Waals surface area contributed by atoms with Crippen LogP contribution in [0.1, 0.15) is 5.56 Å². The van der Waals surface area contributed by atoms with Crippen molar-refractivity contribution in [3.05, 3.63) is 57.8 Å². The molecule has 16 heavy (non-hydrogen) atoms. The first-order valence-electron chi connectivity index (χ1n) is 4.80. The number of hydrogen-bond donors (Lipinski definition) is 1. The van der Waals surface area contributed by atoms with E-state index in [0.717, 1.165) is 11.4 Å². The Morgan fingerprint density at radius 2 is 1.94 bits per heavy atom. The van der Waals surface area contributed by atoms with Crippen molar-refractivity contribution in [1.29, 1.82) is 0 Å². The fourth-order valence-electron chi connectivity index (χ4n) is 1.15. The highest BCUT2D eigenvalue weighted by Gasteiger charge is 1.89. The summed E-state index contributed by atoms with van der Waals surface area (Å²) < 4.78 is 1.22. The molecule has 0 saturated carbocycles. The summed E-state index contributed by atoms with van der Waals surface area (Å²) in [5, 5.41) is 4.10. The monoisotopic (exact) mass is 323 g/mol. The molecule has 0 aliphatic rings. The average Bonchev–Trinajstić information content (AvgIpc) is 2.33. The Morgan fingerprint density at radius 3 is 2.62 bits per heavy atom. The van der Waals surface area contributed by atoms with Gasteiger partial charge in [-0.25, -0.2) is 4.98 Å². The van der Waals surface area contributed by atoms with Gasteiger partial charge in [0.1, 0.15) is 5.82 Å². The summed E-state index contributed by atoms with van der Waals surface area (Å²) in [6.45, 7) is 0. The largest absolute Gasteiger partial charge is 0.261 e. The van der Waals surface area contributed by atoms with Gasteiger partial charge >= 0.3 is 0 Å². The lowest BCUT2D eigenvalue weighted by molar-refractivity contribution is 1.23. The lowest BCUT2D eigenvalue weighted by Crippen LogP contribution is -1.92. The molecule has 0 unspecified atom stereocenters. The van der Waals surface area contributed by atoms with E-state index in [1.54, 1.807) is 12.4 Å². The molecule has 0 aliphatic carbocycles. The van der Waals surface area contributed by atoms with Crippen LogP contribution < -0.4 is 5.43 Å². The van der Waals surface area contributed by atoms with Crippen LogP contribution in [0.2, 0.25) is 0 Å². The van der Waals surface area contributed by atoms with Crippen molar-refractivity contribution in [2.75, 3.05) is 5.43 Å². The zero-order valence-electron chi connectivity index (χ0n) is 8.47. The van der Waals surface area contributed by atoms with Crippen LogP contribution in [-0.4, -0.2) is 11.2 Å². The minimum Gasteiger partial charge on any atom is -0.261 e. The van der Waals surface area contributed by atoms with Crippen LogP contribution in [-0.2, 0) is 0 Å². The number of anilines is 1. The molecule has 0 spiro atoms. The number of rotatable bonds is 3. The summed E-state index contributed by atoms with van der Waals surface area (Å²) in [4.78, 5) is 4.10. The van der Waals surface area contributed by atoms with Crippen molar-refractivity contribution >= 4 is 34.6 Å². The second kappa shape index (κ2) is 5.60. The van der Waals surface area contributed by atoms with Crippen molar-refractivity contribution in [3.63, 3.8) is 0 Å². The van der Waals surface area contributed by atoms with Gasteiger partial charge in [-0.05, 0) is 52.4 Å². The van der Waals surface area contributed by atoms with E-state index in [-0.39, 0.29) is 0 Å². The number of hydrazone groups is 1. The summed E-state index contributed by atoms with van der Waals surface area (Å²) >= 11 is 2.27. The van der Waals surface area contributed by atoms with Gasteiger partial charge in [-0.3, -0.25) is 5.43 Å². The predicted molar refractivity (Wildman–Crippen MR) is 74.6 cm³/mol. The highest BCUT2D eigenvalue weighted by atomic mass is 127. The summed E-state index contributed by atoms with van der Waals surface area (Å²) in [7, 11) is 0. The van der Waals surface area contributed by atoms with E-state index in [1.165, 1.54) is 3.57 Å². The molecule has 0 aliphatic heterocycles. The molecule has 2 aromatic rings. The second-order valence-corrected chi connectivity index (χ2v) is 4.38. The van der Waals surface area contributed by atoms with Gasteiger partial charge in [0, 0.05) is 9.77 Å². The van der Waals surface area contributed by atoms with Crippen LogP contribution >= 0.6 is 22.6 Å². The van der Waals surface area contributed by atoms with E-state index in [1.807, 2.05) is 42.5 Å². The van der Waals surface area contributed by atoms with Crippen LogP contribution in [0.5, 0.6) is 0 Å². The maximum absolute atomic E-state index is 4.10. The third kappa shape index (κ3) is 3.30. The summed E-state index contributed by atoms with van der Waals surface area (Å²) in [6, 6.07) is 13.8. The van der Waals surface area contributed by atoms with Crippen molar-refractivity contribution in [2.24, 2.45) is 5.10 Å². The Kier molecular flexibility index (Phi) is 3.87. The molecule has 0 bridgehead atoms. The van der Waals surface area contributed by atoms with E-state index in [4.69, 9.17) is 0 Å². The smallest absolute Gasteiger partial charge is 0.146 e. The first kappa shape index (κ1) is 11.1. The second-order valence-electron chi connectivity index (χ2n) is 3.14. The van der Waals surface area contributed by atoms with E-state index in [0.29, 0.717) is 0 Å². The van der Waals surface area contributed by atoms with Crippen LogP contribution in [0.4, 0.5) is 5.82 Å². The average molecular weight is 323 g/mol. The van der Waals surface area contributed by atoms with Gasteiger partial charge < -0.3 is 0 Å². The molecule has 0 amide bonds. The lowest BCUT2D eigenvalue weighted by Gasteiger charge is -1.97. The standard InChI is InChI=1S/C12H10IN3/c13-11-6-4-10(5-7-11)9-15-16-12-3-1-2-8-14-12/h1-9H,(H,14,16)/b15-9+. The van der Waals surface area contributed by atoms with Gasteiger partial charge in [0.15, 0.2) is 0 Å². The van der Waals surface area contributed by atoms with E-state index >= 15 is 0 Å². The number of pyridine rings is 1. The van der Waals surface area contributed by atoms with Crippen molar-refractivity contribution in [2.45, 2.75) is 0 Å². The molecule has 4 heteroatoms. The molecule has 1 heterocycles. The van der Waals surface area contributed by atoms with Crippen molar-refractivity contribution < 1.29 is 0 Å². The summed E-state index contributed by atoms with van der Waals surface area (Å²) in [6.07, 6.45) is 3.49. The van der Waals surface area contributed by atoms with Crippen molar-refractivity contribution in [1.82, 2.24) is 4.98 Å². The molecule has 80 valence electrons. The number of halogens is 1. The SMILES string of the molecule is Ic1ccc(/C=N/Nc2ccccn2)cc1. The Balaban J connectivity index is 1.98. The highest BCUT2D eigenvalue weighted by Crippen LogP contribution is 2.05. The first-order chi connectivity index (χ1) is 7.84. The topological polar surface area (TPSA) is 37.3 Å². The zero-order chi connectivity index (χ0) is 11.2. The minimum absolute atomic E-state index is 0.740. The van der Waals surface area contributed by atoms with E-state index in [2.05, 4.69) is 38.1 Å². The Morgan fingerprint density at radius 1 is 1.12 bits per heavy atom. The predicted octanol–water partition coefficient (Wildman–Crippen LogP) is 3.13. The lowest BCUT2D eigenvalue weighted by atomic mass is 10.2. The molecule has 0 fully saturated rings. The van der Waals surface area contributed by atoms with Gasteiger partial charge in [0.2, 0.25) is 0 Å². The van der Waals surface area contributed by atoms with E-state index < -0.39 is 0 Å². The van der Waals surface area contributed by atoms with E-state index in [9.17, 15) is 0 Å². The van der Waals surface area contributed by atoms with Gasteiger partial charge in [0.25, 0.3) is 0 Å². The third-order valence-corrected chi connectivity index (χ3v) is 2.65. The Hall–Kier alpha value is -1.43. The van der Waals surface area contributed by atoms with Crippen molar-refractivity contribution in [3.8, 4) is 0 Å². The maximum Gasteiger partial charge on any atom is 0.146 e. The van der Waals surface area contributed by atoms with Gasteiger partial charge in [-0.1, -0.05) is 18.2 Å². The third-order valence-electron chi connectivity index (χ3n) is 1.93. The summed E-state index contributed by atoms with van der Waals surface area (Å²) in [5.41, 5.74) is 3.92. The maximum atomic E-state index is 4.10. The number of nitrogens with one attached hydrogen (secondary N) is 1. The number of nitrogens with zero attached hydrogens (tertiary/aromatic N) is 2. The Bertz CT molecular complexity index is 465. The zero-order valence-corrected chi connectivity index (χ0v) is 10.6. The normalized spacial score (nSPS) is 10.6. The molecule has 0 atom stereocenters. The fourth-order valence-corrected chi connectivity index (χ4v) is 1.51. The fraction of sp³-hybridized carbons (Fsp3) is 0. The molecule has 1 aromatic heterocycles. The molecule has 1 aromatic carbocycles. The Labute approximate surface area is 108 Å². The van der Waals surface area contributed by atoms with Crippen LogP contribution in [0.25, 0.3) is 0 Å². The number of hydrogen-bond acceptors (Lipinski definition) is 3. The first-order valence-corrected chi connectivity index (χ1v) is 5.88. The molecule has 0 saturated heterocycles. The molecule has 3 nitrogen and oxygen atoms in total. The molecule has 1 N–H and O–H groups in total. The number of benzene rings is 1. The van der Waals surface area contributed by atoms with Gasteiger partial charge in [-0.15, -0.1) is 0 Å². The minimum atomic E-state index is 0.740. The summed E-state index contributed by atoms with van der Waals surface area (Å²) in [5.74, 6) is 0.740. The molecule has 2 rings (SSSR count). The molecule has 0 radical (unpaired) electrons. The quantitative estimate of drug-likeness (QED) is 0.535.